The summed E-state index contributed by atoms with van der Waals surface area (Å²) in [5.41, 5.74) is 3.17. The van der Waals surface area contributed by atoms with Crippen LogP contribution in [0.25, 0.3) is 0 Å². The number of hydrogen-bond acceptors (Lipinski definition) is 3. The predicted octanol–water partition coefficient (Wildman–Crippen LogP) is 5.94. The van der Waals surface area contributed by atoms with Crippen LogP contribution in [-0.2, 0) is 24.1 Å². The highest BCUT2D eigenvalue weighted by Gasteiger charge is 2.24. The van der Waals surface area contributed by atoms with Gasteiger partial charge < -0.3 is 10.2 Å². The van der Waals surface area contributed by atoms with Crippen molar-refractivity contribution in [3.8, 4) is 0 Å². The number of aliphatic hydroxyl groups is 1. The van der Waals surface area contributed by atoms with E-state index in [4.69, 9.17) is 16.7 Å². The Bertz CT molecular complexity index is 905. The Labute approximate surface area is 180 Å². The molecular formula is C24H25ClO3S. The van der Waals surface area contributed by atoms with E-state index in [0.29, 0.717) is 5.02 Å². The summed E-state index contributed by atoms with van der Waals surface area (Å²) >= 11 is 7.76. The largest absolute Gasteiger partial charge is 0.481 e. The van der Waals surface area contributed by atoms with Crippen molar-refractivity contribution in [3.05, 3.63) is 92.6 Å². The molecule has 0 amide bonds. The molecular weight excluding hydrogens is 404 g/mol. The van der Waals surface area contributed by atoms with Gasteiger partial charge in [0.1, 0.15) is 0 Å². The summed E-state index contributed by atoms with van der Waals surface area (Å²) in [5.74, 6) is -0.792. The van der Waals surface area contributed by atoms with Crippen LogP contribution in [0.15, 0.2) is 66.0 Å². The number of halogens is 1. The maximum absolute atomic E-state index is 11.0. The van der Waals surface area contributed by atoms with Gasteiger partial charge in [0, 0.05) is 0 Å². The fraction of sp³-hybridized carbons (Fsp3) is 0.292. The smallest absolute Gasteiger partial charge is 0.307 e. The van der Waals surface area contributed by atoms with Gasteiger partial charge in [0.15, 0.2) is 0 Å². The molecule has 2 atom stereocenters. The first kappa shape index (κ1) is 21.6. The third-order valence-corrected chi connectivity index (χ3v) is 6.55. The van der Waals surface area contributed by atoms with Gasteiger partial charge in [0.25, 0.3) is 0 Å². The van der Waals surface area contributed by atoms with Gasteiger partial charge in [-0.15, -0.1) is 11.3 Å². The molecule has 0 aliphatic carbocycles. The summed E-state index contributed by atoms with van der Waals surface area (Å²) in [6.07, 6.45) is 2.95. The summed E-state index contributed by atoms with van der Waals surface area (Å²) in [6.45, 7) is 0. The van der Waals surface area contributed by atoms with E-state index in [1.165, 1.54) is 16.9 Å². The van der Waals surface area contributed by atoms with Gasteiger partial charge in [0.05, 0.1) is 22.4 Å². The number of thiophene rings is 1. The van der Waals surface area contributed by atoms with Gasteiger partial charge >= 0.3 is 5.97 Å². The summed E-state index contributed by atoms with van der Waals surface area (Å²) in [6, 6.07) is 19.8. The van der Waals surface area contributed by atoms with E-state index in [2.05, 4.69) is 12.1 Å². The van der Waals surface area contributed by atoms with E-state index in [9.17, 15) is 9.90 Å². The number of carboxylic acid groups (broad SMARTS) is 1. The molecule has 0 radical (unpaired) electrons. The van der Waals surface area contributed by atoms with Crippen LogP contribution in [0.2, 0.25) is 5.02 Å². The van der Waals surface area contributed by atoms with Crippen LogP contribution < -0.4 is 0 Å². The molecule has 5 heteroatoms. The van der Waals surface area contributed by atoms with Crippen LogP contribution in [0.5, 0.6) is 0 Å². The average Bonchev–Trinajstić information content (AvgIpc) is 3.14. The van der Waals surface area contributed by atoms with Crippen LogP contribution in [0.3, 0.4) is 0 Å². The van der Waals surface area contributed by atoms with Crippen LogP contribution in [0.4, 0.5) is 0 Å². The second-order valence-electron chi connectivity index (χ2n) is 7.31. The molecule has 0 fully saturated rings. The zero-order valence-corrected chi connectivity index (χ0v) is 17.7. The van der Waals surface area contributed by atoms with Crippen molar-refractivity contribution in [2.45, 2.75) is 38.2 Å². The van der Waals surface area contributed by atoms with Gasteiger partial charge in [-0.3, -0.25) is 4.79 Å². The highest BCUT2D eigenvalue weighted by atomic mass is 35.5. The van der Waals surface area contributed by atoms with E-state index in [0.717, 1.165) is 41.7 Å². The highest BCUT2D eigenvalue weighted by molar-refractivity contribution is 7.10. The molecule has 3 aromatic rings. The normalized spacial score (nSPS) is 13.2. The predicted molar refractivity (Wildman–Crippen MR) is 119 cm³/mol. The van der Waals surface area contributed by atoms with E-state index in [-0.39, 0.29) is 12.3 Å². The first-order valence-corrected chi connectivity index (χ1v) is 11.0. The van der Waals surface area contributed by atoms with Crippen molar-refractivity contribution < 1.29 is 15.0 Å². The molecule has 0 saturated heterocycles. The van der Waals surface area contributed by atoms with Gasteiger partial charge in [0.2, 0.25) is 0 Å². The lowest BCUT2D eigenvalue weighted by molar-refractivity contribution is -0.136. The molecule has 0 spiro atoms. The first-order chi connectivity index (χ1) is 14.0. The molecule has 2 aromatic carbocycles. The van der Waals surface area contributed by atoms with Crippen LogP contribution in [0.1, 0.15) is 40.5 Å². The van der Waals surface area contributed by atoms with Crippen molar-refractivity contribution in [3.63, 3.8) is 0 Å². The maximum atomic E-state index is 11.0. The molecule has 0 aliphatic rings. The second kappa shape index (κ2) is 10.6. The molecule has 1 unspecified atom stereocenters. The van der Waals surface area contributed by atoms with E-state index in [1.807, 2.05) is 53.9 Å². The van der Waals surface area contributed by atoms with E-state index < -0.39 is 12.1 Å². The maximum Gasteiger partial charge on any atom is 0.307 e. The molecule has 29 heavy (non-hydrogen) atoms. The third-order valence-electron chi connectivity index (χ3n) is 5.12. The molecule has 0 saturated carbocycles. The second-order valence-corrected chi connectivity index (χ2v) is 8.66. The lowest BCUT2D eigenvalue weighted by Crippen LogP contribution is -2.15. The summed E-state index contributed by atoms with van der Waals surface area (Å²) < 4.78 is 0. The zero-order valence-electron chi connectivity index (χ0n) is 16.1. The Kier molecular flexibility index (Phi) is 7.87. The number of aliphatic carboxylic acids is 1. The number of aryl methyl sites for hydroxylation is 1. The van der Waals surface area contributed by atoms with Gasteiger partial charge in [-0.25, -0.2) is 0 Å². The van der Waals surface area contributed by atoms with Crippen molar-refractivity contribution in [1.29, 1.82) is 0 Å². The summed E-state index contributed by atoms with van der Waals surface area (Å²) in [7, 11) is 0. The molecule has 0 bridgehead atoms. The van der Waals surface area contributed by atoms with Crippen LogP contribution in [0, 0.1) is 5.92 Å². The van der Waals surface area contributed by atoms with E-state index in [1.54, 1.807) is 0 Å². The molecule has 152 valence electrons. The lowest BCUT2D eigenvalue weighted by Gasteiger charge is -2.23. The Hall–Kier alpha value is -2.14. The fourth-order valence-electron chi connectivity index (χ4n) is 3.59. The number of hydrogen-bond donors (Lipinski definition) is 2. The Morgan fingerprint density at radius 3 is 2.28 bits per heavy atom. The van der Waals surface area contributed by atoms with Crippen molar-refractivity contribution in [1.82, 2.24) is 0 Å². The Morgan fingerprint density at radius 2 is 1.66 bits per heavy atom. The average molecular weight is 429 g/mol. The van der Waals surface area contributed by atoms with Gasteiger partial charge in [-0.05, 0) is 59.7 Å². The van der Waals surface area contributed by atoms with Crippen molar-refractivity contribution in [2.24, 2.45) is 5.92 Å². The Morgan fingerprint density at radius 1 is 0.966 bits per heavy atom. The molecule has 1 aromatic heterocycles. The van der Waals surface area contributed by atoms with Crippen molar-refractivity contribution in [2.75, 3.05) is 0 Å². The summed E-state index contributed by atoms with van der Waals surface area (Å²) in [4.78, 5) is 11.7. The minimum absolute atomic E-state index is 0.0220. The van der Waals surface area contributed by atoms with Gasteiger partial charge in [-0.2, -0.15) is 0 Å². The Balaban J connectivity index is 1.69. The van der Waals surface area contributed by atoms with E-state index >= 15 is 0 Å². The highest BCUT2D eigenvalue weighted by Crippen LogP contribution is 2.36. The summed E-state index contributed by atoms with van der Waals surface area (Å²) in [5, 5.41) is 22.5. The molecule has 3 rings (SSSR count). The number of rotatable bonds is 10. The minimum atomic E-state index is -0.834. The molecule has 0 aliphatic heterocycles. The number of carbonyl (C=O) groups is 1. The molecule has 3 nitrogen and oxygen atoms in total. The molecule has 1 heterocycles. The number of benzene rings is 2. The van der Waals surface area contributed by atoms with Crippen molar-refractivity contribution >= 4 is 28.9 Å². The third kappa shape index (κ3) is 6.43. The lowest BCUT2D eigenvalue weighted by atomic mass is 9.87. The monoisotopic (exact) mass is 428 g/mol. The number of aliphatic hydroxyl groups excluding tert-OH is 1. The quantitative estimate of drug-likeness (QED) is 0.420. The minimum Gasteiger partial charge on any atom is -0.481 e. The first-order valence-electron chi connectivity index (χ1n) is 9.77. The number of carboxylic acids is 1. The SMILES string of the molecule is O=C(O)Cc1ccc(C[C@@H](CCCc2ccccc2)C(O)c2sccc2Cl)cc1. The fourth-order valence-corrected chi connectivity index (χ4v) is 4.83. The molecule has 2 N–H and O–H groups in total. The topological polar surface area (TPSA) is 57.5 Å². The van der Waals surface area contributed by atoms with Gasteiger partial charge in [-0.1, -0.05) is 66.2 Å². The van der Waals surface area contributed by atoms with Crippen LogP contribution in [-0.4, -0.2) is 16.2 Å². The van der Waals surface area contributed by atoms with Crippen LogP contribution >= 0.6 is 22.9 Å². The zero-order chi connectivity index (χ0) is 20.6. The standard InChI is InChI=1S/C24H25ClO3S/c25-21-13-14-29-24(21)23(28)20(8-4-7-17-5-2-1-3-6-17)15-18-9-11-19(12-10-18)16-22(26)27/h1-3,5-6,9-14,20,23,28H,4,7-8,15-16H2,(H,26,27)/t20-,23?/m1/s1.